The van der Waals surface area contributed by atoms with Crippen LogP contribution in [0, 0.1) is 0 Å². The third kappa shape index (κ3) is 1.61. The molecule has 2 aromatic carbocycles. The van der Waals surface area contributed by atoms with E-state index in [1.165, 1.54) is 22.3 Å². The summed E-state index contributed by atoms with van der Waals surface area (Å²) < 4.78 is 3.45. The number of hydrogen-bond donors (Lipinski definition) is 0. The lowest BCUT2D eigenvalue weighted by Gasteiger charge is -2.34. The van der Waals surface area contributed by atoms with E-state index >= 15 is 0 Å². The molecule has 0 atom stereocenters. The lowest BCUT2D eigenvalue weighted by molar-refractivity contribution is 0.625. The van der Waals surface area contributed by atoms with Crippen molar-refractivity contribution in [3.05, 3.63) is 57.8 Å². The highest BCUT2D eigenvalue weighted by Crippen LogP contribution is 2.45. The summed E-state index contributed by atoms with van der Waals surface area (Å²) >= 11 is 3.65. The van der Waals surface area contributed by atoms with E-state index in [2.05, 4.69) is 77.7 Å². The molecule has 1 aliphatic heterocycles. The molecule has 0 aliphatic carbocycles. The van der Waals surface area contributed by atoms with Gasteiger partial charge in [-0.05, 0) is 29.3 Å². The van der Waals surface area contributed by atoms with Crippen LogP contribution in [0.5, 0.6) is 0 Å². The summed E-state index contributed by atoms with van der Waals surface area (Å²) in [7, 11) is 0. The van der Waals surface area contributed by atoms with Crippen molar-refractivity contribution >= 4 is 27.0 Å². The number of benzene rings is 2. The Labute approximate surface area is 132 Å². The molecular weight excluding hydrogens is 324 g/mol. The van der Waals surface area contributed by atoms with E-state index in [0.717, 1.165) is 22.2 Å². The summed E-state index contributed by atoms with van der Waals surface area (Å²) in [6, 6.07) is 13.1. The summed E-state index contributed by atoms with van der Waals surface area (Å²) in [5, 5.41) is 0. The van der Waals surface area contributed by atoms with Crippen molar-refractivity contribution in [1.82, 2.24) is 9.55 Å². The number of nitrogens with zero attached hydrogens (tertiary/aromatic N) is 2. The Morgan fingerprint density at radius 3 is 2.67 bits per heavy atom. The molecule has 0 radical (unpaired) electrons. The van der Waals surface area contributed by atoms with Crippen LogP contribution in [0.2, 0.25) is 0 Å². The molecule has 3 heteroatoms. The van der Waals surface area contributed by atoms with Crippen molar-refractivity contribution in [2.24, 2.45) is 0 Å². The van der Waals surface area contributed by atoms with Crippen LogP contribution in [-0.2, 0) is 11.8 Å². The van der Waals surface area contributed by atoms with E-state index in [-0.39, 0.29) is 5.41 Å². The zero-order valence-electron chi connectivity index (χ0n) is 12.4. The molecule has 0 bridgehead atoms. The van der Waals surface area contributed by atoms with Gasteiger partial charge >= 0.3 is 0 Å². The third-order valence-electron chi connectivity index (χ3n) is 4.59. The van der Waals surface area contributed by atoms with Gasteiger partial charge in [0.05, 0.1) is 16.7 Å². The van der Waals surface area contributed by atoms with E-state index in [1.807, 2.05) is 0 Å². The van der Waals surface area contributed by atoms with Crippen LogP contribution in [0.3, 0.4) is 0 Å². The Morgan fingerprint density at radius 2 is 1.90 bits per heavy atom. The molecule has 0 spiro atoms. The van der Waals surface area contributed by atoms with Gasteiger partial charge in [-0.15, -0.1) is 0 Å². The topological polar surface area (TPSA) is 17.8 Å². The number of halogens is 1. The summed E-state index contributed by atoms with van der Waals surface area (Å²) in [4.78, 5) is 4.86. The molecule has 4 rings (SSSR count). The second kappa shape index (κ2) is 4.20. The molecule has 0 saturated carbocycles. The van der Waals surface area contributed by atoms with Gasteiger partial charge in [-0.1, -0.05) is 54.9 Å². The lowest BCUT2D eigenvalue weighted by atomic mass is 9.75. The normalized spacial score (nSPS) is 15.2. The number of fused-ring (bicyclic) bond motifs is 2. The molecule has 1 aromatic heterocycles. The number of para-hydroxylation sites is 1. The van der Waals surface area contributed by atoms with Gasteiger partial charge in [0.1, 0.15) is 5.82 Å². The molecule has 2 heterocycles. The second-order valence-corrected chi connectivity index (χ2v) is 7.10. The number of hydrogen-bond acceptors (Lipinski definition) is 1. The number of rotatable bonds is 1. The molecule has 0 unspecified atom stereocenters. The predicted molar refractivity (Wildman–Crippen MR) is 90.3 cm³/mol. The maximum absolute atomic E-state index is 4.86. The van der Waals surface area contributed by atoms with E-state index in [4.69, 9.17) is 4.98 Å². The number of aryl methyl sites for hydroxylation is 1. The first-order valence-electron chi connectivity index (χ1n) is 7.35. The Bertz CT molecular complexity index is 874. The maximum Gasteiger partial charge on any atom is 0.114 e. The van der Waals surface area contributed by atoms with Crippen LogP contribution in [0.15, 0.2) is 40.9 Å². The van der Waals surface area contributed by atoms with Crippen LogP contribution < -0.4 is 0 Å². The van der Waals surface area contributed by atoms with Crippen molar-refractivity contribution in [2.45, 2.75) is 32.6 Å². The van der Waals surface area contributed by atoms with Gasteiger partial charge in [0.15, 0.2) is 0 Å². The molecule has 106 valence electrons. The third-order valence-corrected chi connectivity index (χ3v) is 5.05. The summed E-state index contributed by atoms with van der Waals surface area (Å²) in [6.07, 6.45) is 0.931. The van der Waals surface area contributed by atoms with E-state index in [9.17, 15) is 0 Å². The van der Waals surface area contributed by atoms with E-state index in [0.29, 0.717) is 0 Å². The molecule has 2 nitrogen and oxygen atoms in total. The van der Waals surface area contributed by atoms with Gasteiger partial charge in [0.2, 0.25) is 0 Å². The quantitative estimate of drug-likeness (QED) is 0.610. The van der Waals surface area contributed by atoms with Crippen LogP contribution in [-0.4, -0.2) is 9.55 Å². The van der Waals surface area contributed by atoms with Gasteiger partial charge in [0, 0.05) is 16.3 Å². The zero-order chi connectivity index (χ0) is 14.8. The van der Waals surface area contributed by atoms with E-state index in [1.54, 1.807) is 0 Å². The maximum atomic E-state index is 4.86. The lowest BCUT2D eigenvalue weighted by Crippen LogP contribution is -2.26. The molecule has 21 heavy (non-hydrogen) atoms. The van der Waals surface area contributed by atoms with Gasteiger partial charge in [-0.3, -0.25) is 4.57 Å². The molecule has 0 N–H and O–H groups in total. The van der Waals surface area contributed by atoms with Crippen molar-refractivity contribution < 1.29 is 0 Å². The van der Waals surface area contributed by atoms with Crippen molar-refractivity contribution in [1.29, 1.82) is 0 Å². The number of aromatic nitrogens is 2. The largest absolute Gasteiger partial charge is 0.296 e. The second-order valence-electron chi connectivity index (χ2n) is 6.18. The minimum absolute atomic E-state index is 0.0142. The summed E-state index contributed by atoms with van der Waals surface area (Å²) in [5.74, 6) is 1.13. The average Bonchev–Trinajstić information content (AvgIpc) is 2.83. The SMILES string of the molecule is CCc1nc2cc(Br)cc3c2n1-c1ccccc1C3(C)C. The van der Waals surface area contributed by atoms with Crippen LogP contribution in [0.4, 0.5) is 0 Å². The Hall–Kier alpha value is -1.61. The predicted octanol–water partition coefficient (Wildman–Crippen LogP) is 4.99. The smallest absolute Gasteiger partial charge is 0.114 e. The van der Waals surface area contributed by atoms with Crippen LogP contribution >= 0.6 is 15.9 Å². The molecule has 3 aromatic rings. The van der Waals surface area contributed by atoms with Crippen LogP contribution in [0.1, 0.15) is 37.7 Å². The molecule has 0 amide bonds. The highest BCUT2D eigenvalue weighted by molar-refractivity contribution is 9.10. The first-order chi connectivity index (χ1) is 10.0. The Kier molecular flexibility index (Phi) is 2.62. The first kappa shape index (κ1) is 13.1. The highest BCUT2D eigenvalue weighted by atomic mass is 79.9. The van der Waals surface area contributed by atoms with Gasteiger partial charge < -0.3 is 0 Å². The zero-order valence-corrected chi connectivity index (χ0v) is 14.0. The molecule has 0 saturated heterocycles. The first-order valence-corrected chi connectivity index (χ1v) is 8.14. The fourth-order valence-electron chi connectivity index (χ4n) is 3.54. The fraction of sp³-hybridized carbons (Fsp3) is 0.278. The Balaban J connectivity index is 2.27. The molecule has 0 fully saturated rings. The Morgan fingerprint density at radius 1 is 1.14 bits per heavy atom. The molecule has 1 aliphatic rings. The van der Waals surface area contributed by atoms with Gasteiger partial charge in [-0.25, -0.2) is 4.98 Å². The minimum atomic E-state index is -0.0142. The summed E-state index contributed by atoms with van der Waals surface area (Å²) in [5.41, 5.74) is 6.32. The van der Waals surface area contributed by atoms with Crippen molar-refractivity contribution in [2.75, 3.05) is 0 Å². The highest BCUT2D eigenvalue weighted by Gasteiger charge is 2.35. The summed E-state index contributed by atoms with van der Waals surface area (Å²) in [6.45, 7) is 6.77. The van der Waals surface area contributed by atoms with E-state index < -0.39 is 0 Å². The number of imidazole rings is 1. The van der Waals surface area contributed by atoms with Gasteiger partial charge in [-0.2, -0.15) is 0 Å². The van der Waals surface area contributed by atoms with Crippen molar-refractivity contribution in [3.63, 3.8) is 0 Å². The minimum Gasteiger partial charge on any atom is -0.296 e. The monoisotopic (exact) mass is 340 g/mol. The van der Waals surface area contributed by atoms with Crippen molar-refractivity contribution in [3.8, 4) is 5.69 Å². The molecular formula is C18H17BrN2. The fourth-order valence-corrected chi connectivity index (χ4v) is 3.98. The standard InChI is InChI=1S/C18H17BrN2/c1-4-16-20-14-10-11(19)9-13-17(14)21(16)15-8-6-5-7-12(15)18(13,2)3/h5-10H,4H2,1-3H3. The average molecular weight is 341 g/mol. The van der Waals surface area contributed by atoms with Crippen LogP contribution in [0.25, 0.3) is 16.7 Å². The van der Waals surface area contributed by atoms with Gasteiger partial charge in [0.25, 0.3) is 0 Å².